The van der Waals surface area contributed by atoms with Gasteiger partial charge in [-0.25, -0.2) is 4.98 Å². The number of halogens is 3. The van der Waals surface area contributed by atoms with Crippen molar-refractivity contribution in [1.29, 1.82) is 0 Å². The number of aromatic hydroxyl groups is 1. The number of phenols is 1. The molecule has 1 aromatic heterocycles. The molecule has 1 fully saturated rings. The third-order valence-electron chi connectivity index (χ3n) is 4.62. The summed E-state index contributed by atoms with van der Waals surface area (Å²) in [5, 5.41) is 13.3. The average molecular weight is 367 g/mol. The lowest BCUT2D eigenvalue weighted by atomic mass is 10.0. The fraction of sp³-hybridized carbons (Fsp3) is 0.444. The fourth-order valence-electron chi connectivity index (χ4n) is 3.23. The van der Waals surface area contributed by atoms with Gasteiger partial charge in [-0.3, -0.25) is 9.36 Å². The quantitative estimate of drug-likeness (QED) is 0.875. The number of aromatic nitrogens is 2. The largest absolute Gasteiger partial charge is 0.507 e. The number of alkyl halides is 3. The van der Waals surface area contributed by atoms with Crippen LogP contribution < -0.4 is 10.9 Å². The summed E-state index contributed by atoms with van der Waals surface area (Å²) in [7, 11) is 0. The van der Waals surface area contributed by atoms with Gasteiger partial charge in [0.1, 0.15) is 5.75 Å². The molecular weight excluding hydrogens is 347 g/mol. The van der Waals surface area contributed by atoms with Crippen molar-refractivity contribution in [2.45, 2.75) is 32.0 Å². The summed E-state index contributed by atoms with van der Waals surface area (Å²) in [6.45, 7) is 2.25. The molecule has 140 valence electrons. The molecule has 26 heavy (non-hydrogen) atoms. The summed E-state index contributed by atoms with van der Waals surface area (Å²) in [4.78, 5) is 16.8. The van der Waals surface area contributed by atoms with Gasteiger partial charge >= 0.3 is 6.18 Å². The third-order valence-corrected chi connectivity index (χ3v) is 4.62. The van der Waals surface area contributed by atoms with Crippen LogP contribution >= 0.6 is 0 Å². The van der Waals surface area contributed by atoms with E-state index in [0.29, 0.717) is 12.6 Å². The molecule has 8 heteroatoms. The van der Waals surface area contributed by atoms with Gasteiger partial charge in [-0.05, 0) is 50.0 Å². The van der Waals surface area contributed by atoms with Crippen LogP contribution in [-0.2, 0) is 12.7 Å². The first kappa shape index (κ1) is 18.4. The number of nitrogens with zero attached hydrogens (tertiary/aromatic N) is 2. The van der Waals surface area contributed by atoms with Crippen LogP contribution in [0.15, 0.2) is 35.5 Å². The molecule has 0 saturated carbocycles. The van der Waals surface area contributed by atoms with E-state index < -0.39 is 17.5 Å². The lowest BCUT2D eigenvalue weighted by Gasteiger charge is -2.16. The Balaban J connectivity index is 1.91. The molecule has 1 aliphatic rings. The van der Waals surface area contributed by atoms with Crippen LogP contribution in [0.2, 0.25) is 0 Å². The lowest BCUT2D eigenvalue weighted by Crippen LogP contribution is -2.29. The topological polar surface area (TPSA) is 67.1 Å². The van der Waals surface area contributed by atoms with Crippen molar-refractivity contribution in [2.75, 3.05) is 13.1 Å². The van der Waals surface area contributed by atoms with Crippen molar-refractivity contribution >= 4 is 0 Å². The minimum absolute atomic E-state index is 0.0452. The van der Waals surface area contributed by atoms with Crippen LogP contribution in [0.1, 0.15) is 24.8 Å². The van der Waals surface area contributed by atoms with Crippen molar-refractivity contribution in [3.63, 3.8) is 0 Å². The Kier molecular flexibility index (Phi) is 5.31. The molecule has 0 aliphatic carbocycles. The van der Waals surface area contributed by atoms with Crippen LogP contribution in [0.4, 0.5) is 13.2 Å². The number of nitrogens with one attached hydrogen (secondary N) is 1. The van der Waals surface area contributed by atoms with E-state index >= 15 is 0 Å². The van der Waals surface area contributed by atoms with Crippen LogP contribution in [0.3, 0.4) is 0 Å². The van der Waals surface area contributed by atoms with Gasteiger partial charge in [0, 0.05) is 18.3 Å². The summed E-state index contributed by atoms with van der Waals surface area (Å²) >= 11 is 0. The van der Waals surface area contributed by atoms with E-state index in [9.17, 15) is 23.1 Å². The van der Waals surface area contributed by atoms with Crippen LogP contribution in [-0.4, -0.2) is 27.7 Å². The number of benzene rings is 1. The Bertz CT molecular complexity index is 825. The Morgan fingerprint density at radius 3 is 2.81 bits per heavy atom. The highest BCUT2D eigenvalue weighted by atomic mass is 19.4. The molecule has 0 spiro atoms. The molecule has 5 nitrogen and oxygen atoms in total. The van der Waals surface area contributed by atoms with Crippen molar-refractivity contribution < 1.29 is 18.3 Å². The zero-order valence-corrected chi connectivity index (χ0v) is 14.1. The first-order valence-corrected chi connectivity index (χ1v) is 8.52. The normalized spacial score (nSPS) is 18.5. The molecule has 1 atom stereocenters. The van der Waals surface area contributed by atoms with Crippen molar-refractivity contribution in [1.82, 2.24) is 14.9 Å². The van der Waals surface area contributed by atoms with E-state index in [0.717, 1.165) is 44.5 Å². The Labute approximate surface area is 148 Å². The molecule has 2 aromatic rings. The standard InChI is InChI=1S/C18H20F3N3O2/c19-18(20,21)13-4-5-14(16(25)7-13)15-9-23-11-24(17(15)26)10-12-3-1-2-6-22-8-12/h4-5,7,9,11-12,22,25H,1-3,6,8,10H2. The van der Waals surface area contributed by atoms with Gasteiger partial charge in [0.05, 0.1) is 17.5 Å². The molecule has 2 heterocycles. The molecule has 1 aromatic carbocycles. The molecule has 3 rings (SSSR count). The lowest BCUT2D eigenvalue weighted by molar-refractivity contribution is -0.137. The summed E-state index contributed by atoms with van der Waals surface area (Å²) in [6, 6.07) is 2.58. The second-order valence-corrected chi connectivity index (χ2v) is 6.56. The molecule has 0 amide bonds. The minimum Gasteiger partial charge on any atom is -0.507 e. The van der Waals surface area contributed by atoms with Crippen LogP contribution in [0.25, 0.3) is 11.1 Å². The SMILES string of the molecule is O=c1c(-c2ccc(C(F)(F)F)cc2O)cncn1CC1CCCCNC1. The van der Waals surface area contributed by atoms with Gasteiger partial charge < -0.3 is 10.4 Å². The van der Waals surface area contributed by atoms with Gasteiger partial charge in [0.15, 0.2) is 0 Å². The molecule has 0 radical (unpaired) electrons. The maximum Gasteiger partial charge on any atom is 0.416 e. The first-order valence-electron chi connectivity index (χ1n) is 8.52. The molecule has 0 bridgehead atoms. The summed E-state index contributed by atoms with van der Waals surface area (Å²) in [6.07, 6.45) is 1.32. The molecule has 2 N–H and O–H groups in total. The molecule has 1 saturated heterocycles. The van der Waals surface area contributed by atoms with E-state index in [-0.39, 0.29) is 22.6 Å². The van der Waals surface area contributed by atoms with Crippen molar-refractivity contribution in [3.05, 3.63) is 46.6 Å². The Morgan fingerprint density at radius 1 is 1.27 bits per heavy atom. The minimum atomic E-state index is -4.56. The van der Waals surface area contributed by atoms with Gasteiger partial charge in [0.25, 0.3) is 5.56 Å². The zero-order valence-electron chi connectivity index (χ0n) is 14.1. The number of hydrogen-bond acceptors (Lipinski definition) is 4. The first-order chi connectivity index (χ1) is 12.4. The van der Waals surface area contributed by atoms with E-state index in [1.807, 2.05) is 0 Å². The van der Waals surface area contributed by atoms with E-state index in [4.69, 9.17) is 0 Å². The van der Waals surface area contributed by atoms with Gasteiger partial charge in [-0.2, -0.15) is 13.2 Å². The van der Waals surface area contributed by atoms with Gasteiger partial charge in [0.2, 0.25) is 0 Å². The maximum absolute atomic E-state index is 12.7. The van der Waals surface area contributed by atoms with E-state index in [1.54, 1.807) is 0 Å². The summed E-state index contributed by atoms with van der Waals surface area (Å²) < 4.78 is 39.7. The number of phenolic OH excluding ortho intramolecular Hbond substituents is 1. The van der Waals surface area contributed by atoms with Crippen molar-refractivity contribution in [3.8, 4) is 16.9 Å². The molecule has 1 aliphatic heterocycles. The number of hydrogen-bond donors (Lipinski definition) is 2. The van der Waals surface area contributed by atoms with E-state index in [2.05, 4.69) is 10.3 Å². The smallest absolute Gasteiger partial charge is 0.416 e. The Morgan fingerprint density at radius 2 is 2.08 bits per heavy atom. The van der Waals surface area contributed by atoms with Gasteiger partial charge in [-0.15, -0.1) is 0 Å². The highest BCUT2D eigenvalue weighted by Crippen LogP contribution is 2.35. The van der Waals surface area contributed by atoms with Crippen molar-refractivity contribution in [2.24, 2.45) is 5.92 Å². The maximum atomic E-state index is 12.7. The highest BCUT2D eigenvalue weighted by molar-refractivity contribution is 5.69. The fourth-order valence-corrected chi connectivity index (χ4v) is 3.23. The average Bonchev–Trinajstić information content (AvgIpc) is 2.85. The highest BCUT2D eigenvalue weighted by Gasteiger charge is 2.31. The third kappa shape index (κ3) is 4.07. The monoisotopic (exact) mass is 367 g/mol. The molecule has 1 unspecified atom stereocenters. The zero-order chi connectivity index (χ0) is 18.7. The van der Waals surface area contributed by atoms with E-state index in [1.165, 1.54) is 17.1 Å². The van der Waals surface area contributed by atoms with Crippen LogP contribution in [0, 0.1) is 5.92 Å². The van der Waals surface area contributed by atoms with Crippen LogP contribution in [0.5, 0.6) is 5.75 Å². The summed E-state index contributed by atoms with van der Waals surface area (Å²) in [5.41, 5.74) is -1.21. The van der Waals surface area contributed by atoms with Gasteiger partial charge in [-0.1, -0.05) is 6.42 Å². The molecular formula is C18H20F3N3O2. The predicted octanol–water partition coefficient (Wildman–Crippen LogP) is 3.02. The second kappa shape index (κ2) is 7.49. The predicted molar refractivity (Wildman–Crippen MR) is 90.8 cm³/mol. The number of rotatable bonds is 3. The second-order valence-electron chi connectivity index (χ2n) is 6.56. The summed E-state index contributed by atoms with van der Waals surface area (Å²) in [5.74, 6) is -0.305. The Hall–Kier alpha value is -2.35.